The molecule has 1 aromatic heterocycles. The van der Waals surface area contributed by atoms with Crippen LogP contribution in [0, 0.1) is 18.3 Å². The lowest BCUT2D eigenvalue weighted by atomic mass is 9.76. The number of aryl methyl sites for hydroxylation is 1. The molecule has 0 amide bonds. The van der Waals surface area contributed by atoms with E-state index in [2.05, 4.69) is 31.0 Å². The third-order valence-electron chi connectivity index (χ3n) is 4.39. The maximum atomic E-state index is 12.8. The summed E-state index contributed by atoms with van der Waals surface area (Å²) in [7, 11) is -3.58. The van der Waals surface area contributed by atoms with Crippen molar-refractivity contribution in [1.29, 1.82) is 0 Å². The molecule has 0 unspecified atom stereocenters. The summed E-state index contributed by atoms with van der Waals surface area (Å²) in [6, 6.07) is 0. The van der Waals surface area contributed by atoms with Gasteiger partial charge < -0.3 is 5.11 Å². The van der Waals surface area contributed by atoms with Gasteiger partial charge in [-0.05, 0) is 31.1 Å². The molecule has 0 atom stereocenters. The molecule has 2 N–H and O–H groups in total. The number of aromatic nitrogens is 2. The van der Waals surface area contributed by atoms with Crippen molar-refractivity contribution < 1.29 is 13.5 Å². The Labute approximate surface area is 126 Å². The number of hydrogen-bond acceptors (Lipinski definition) is 4. The molecule has 1 aromatic rings. The first kappa shape index (κ1) is 16.5. The van der Waals surface area contributed by atoms with Crippen molar-refractivity contribution in [3.63, 3.8) is 0 Å². The molecule has 2 rings (SSSR count). The molecule has 1 aliphatic rings. The molecule has 0 saturated carbocycles. The zero-order chi connectivity index (χ0) is 15.8. The van der Waals surface area contributed by atoms with Crippen LogP contribution in [0.2, 0.25) is 0 Å². The highest BCUT2D eigenvalue weighted by molar-refractivity contribution is 7.89. The fraction of sp³-hybridized carbons (Fsp3) is 0.786. The number of piperidine rings is 1. The van der Waals surface area contributed by atoms with Gasteiger partial charge in [-0.15, -0.1) is 0 Å². The van der Waals surface area contributed by atoms with Crippen LogP contribution >= 0.6 is 0 Å². The summed E-state index contributed by atoms with van der Waals surface area (Å²) in [5, 5.41) is 15.8. The summed E-state index contributed by atoms with van der Waals surface area (Å²) in [6.45, 7) is 8.95. The number of H-pyrrole nitrogens is 1. The van der Waals surface area contributed by atoms with E-state index in [0.717, 1.165) is 12.8 Å². The van der Waals surface area contributed by atoms with Gasteiger partial charge >= 0.3 is 0 Å². The van der Waals surface area contributed by atoms with Gasteiger partial charge in [0.1, 0.15) is 10.6 Å². The summed E-state index contributed by atoms with van der Waals surface area (Å²) in [4.78, 5) is 0.138. The predicted molar refractivity (Wildman–Crippen MR) is 80.2 cm³/mol. The van der Waals surface area contributed by atoms with Crippen LogP contribution in [-0.2, 0) is 16.6 Å². The summed E-state index contributed by atoms with van der Waals surface area (Å²) in [5.74, 6) is 0.534. The van der Waals surface area contributed by atoms with Crippen LogP contribution in [0.4, 0.5) is 0 Å². The second-order valence-electron chi connectivity index (χ2n) is 6.83. The molecule has 0 aliphatic carbocycles. The molecule has 120 valence electrons. The fourth-order valence-electron chi connectivity index (χ4n) is 3.01. The first-order chi connectivity index (χ1) is 9.67. The molecule has 2 heterocycles. The Hall–Kier alpha value is -0.920. The minimum absolute atomic E-state index is 0.138. The molecular formula is C14H25N3O3S. The van der Waals surface area contributed by atoms with Crippen molar-refractivity contribution in [3.05, 3.63) is 11.4 Å². The molecule has 21 heavy (non-hydrogen) atoms. The van der Waals surface area contributed by atoms with Crippen molar-refractivity contribution >= 4 is 10.0 Å². The van der Waals surface area contributed by atoms with Crippen LogP contribution in [0.25, 0.3) is 0 Å². The topological polar surface area (TPSA) is 86.3 Å². The smallest absolute Gasteiger partial charge is 0.246 e. The Balaban J connectivity index is 2.21. The average Bonchev–Trinajstić information content (AvgIpc) is 2.79. The van der Waals surface area contributed by atoms with Gasteiger partial charge in [-0.2, -0.15) is 9.40 Å². The maximum absolute atomic E-state index is 12.8. The summed E-state index contributed by atoms with van der Waals surface area (Å²) >= 11 is 0. The first-order valence-corrected chi connectivity index (χ1v) is 8.76. The van der Waals surface area contributed by atoms with E-state index in [4.69, 9.17) is 0 Å². The third kappa shape index (κ3) is 3.14. The van der Waals surface area contributed by atoms with E-state index < -0.39 is 10.0 Å². The van der Waals surface area contributed by atoms with E-state index in [1.54, 1.807) is 6.92 Å². The molecule has 6 nitrogen and oxygen atoms in total. The van der Waals surface area contributed by atoms with Crippen LogP contribution in [-0.4, -0.2) is 41.1 Å². The highest BCUT2D eigenvalue weighted by atomic mass is 32.2. The lowest BCUT2D eigenvalue weighted by molar-refractivity contribution is 0.154. The van der Waals surface area contributed by atoms with Gasteiger partial charge in [-0.3, -0.25) is 5.10 Å². The first-order valence-electron chi connectivity index (χ1n) is 7.32. The van der Waals surface area contributed by atoms with Crippen LogP contribution in [0.15, 0.2) is 4.90 Å². The molecule has 1 aliphatic heterocycles. The Bertz CT molecular complexity index is 593. The van der Waals surface area contributed by atoms with E-state index >= 15 is 0 Å². The van der Waals surface area contributed by atoms with Crippen LogP contribution in [0.3, 0.4) is 0 Å². The Morgan fingerprint density at radius 3 is 2.38 bits per heavy atom. The predicted octanol–water partition coefficient (Wildman–Crippen LogP) is 1.66. The monoisotopic (exact) mass is 315 g/mol. The average molecular weight is 315 g/mol. The highest BCUT2D eigenvalue weighted by Gasteiger charge is 2.36. The highest BCUT2D eigenvalue weighted by Crippen LogP contribution is 2.36. The van der Waals surface area contributed by atoms with Gasteiger partial charge in [-0.1, -0.05) is 20.8 Å². The number of nitrogens with one attached hydrogen (secondary N) is 1. The third-order valence-corrected chi connectivity index (χ3v) is 6.49. The van der Waals surface area contributed by atoms with E-state index in [1.807, 2.05) is 0 Å². The number of hydrogen-bond donors (Lipinski definition) is 2. The number of nitrogens with zero attached hydrogens (tertiary/aromatic N) is 2. The number of sulfonamides is 1. The fourth-order valence-corrected chi connectivity index (χ4v) is 4.80. The van der Waals surface area contributed by atoms with Gasteiger partial charge in [0.05, 0.1) is 12.3 Å². The number of aliphatic hydroxyl groups excluding tert-OH is 1. The Morgan fingerprint density at radius 2 is 1.90 bits per heavy atom. The summed E-state index contributed by atoms with van der Waals surface area (Å²) in [6.07, 6.45) is 1.74. The Kier molecular flexibility index (Phi) is 4.46. The minimum atomic E-state index is -3.58. The lowest BCUT2D eigenvalue weighted by Gasteiger charge is -2.38. The molecule has 1 saturated heterocycles. The standard InChI is InChI=1S/C14H25N3O3S/c1-10-13(12(9-18)16-15-10)21(19,20)17-7-5-11(6-8-17)14(2,3)4/h11,18H,5-9H2,1-4H3,(H,15,16). The molecule has 0 spiro atoms. The van der Waals surface area contributed by atoms with Gasteiger partial charge in [-0.25, -0.2) is 8.42 Å². The van der Waals surface area contributed by atoms with E-state index in [-0.39, 0.29) is 22.6 Å². The van der Waals surface area contributed by atoms with E-state index in [1.165, 1.54) is 4.31 Å². The van der Waals surface area contributed by atoms with Crippen molar-refractivity contribution in [1.82, 2.24) is 14.5 Å². The Morgan fingerprint density at radius 1 is 1.33 bits per heavy atom. The van der Waals surface area contributed by atoms with Gasteiger partial charge in [0, 0.05) is 13.1 Å². The molecule has 1 fully saturated rings. The molecule has 0 radical (unpaired) electrons. The minimum Gasteiger partial charge on any atom is -0.390 e. The molecule has 0 bridgehead atoms. The van der Waals surface area contributed by atoms with Crippen molar-refractivity contribution in [3.8, 4) is 0 Å². The zero-order valence-electron chi connectivity index (χ0n) is 13.2. The van der Waals surface area contributed by atoms with Crippen molar-refractivity contribution in [2.24, 2.45) is 11.3 Å². The van der Waals surface area contributed by atoms with Crippen LogP contribution < -0.4 is 0 Å². The maximum Gasteiger partial charge on any atom is 0.246 e. The number of rotatable bonds is 3. The molecule has 7 heteroatoms. The van der Waals surface area contributed by atoms with Gasteiger partial charge in [0.25, 0.3) is 0 Å². The van der Waals surface area contributed by atoms with E-state index in [9.17, 15) is 13.5 Å². The van der Waals surface area contributed by atoms with Crippen molar-refractivity contribution in [2.75, 3.05) is 13.1 Å². The van der Waals surface area contributed by atoms with Crippen LogP contribution in [0.5, 0.6) is 0 Å². The number of aliphatic hydroxyl groups is 1. The second-order valence-corrected chi connectivity index (χ2v) is 8.70. The second kappa shape index (κ2) is 5.70. The molecular weight excluding hydrogens is 290 g/mol. The lowest BCUT2D eigenvalue weighted by Crippen LogP contribution is -2.41. The van der Waals surface area contributed by atoms with Crippen LogP contribution in [0.1, 0.15) is 45.0 Å². The number of aromatic amines is 1. The zero-order valence-corrected chi connectivity index (χ0v) is 14.0. The largest absolute Gasteiger partial charge is 0.390 e. The summed E-state index contributed by atoms with van der Waals surface area (Å²) in [5.41, 5.74) is 0.889. The van der Waals surface area contributed by atoms with E-state index in [0.29, 0.717) is 24.7 Å². The summed E-state index contributed by atoms with van der Waals surface area (Å²) < 4.78 is 27.0. The van der Waals surface area contributed by atoms with Crippen molar-refractivity contribution in [2.45, 2.75) is 52.0 Å². The van der Waals surface area contributed by atoms with Gasteiger partial charge in [0.15, 0.2) is 0 Å². The SMILES string of the molecule is Cc1[nH]nc(CO)c1S(=O)(=O)N1CCC(C(C)(C)C)CC1. The quantitative estimate of drug-likeness (QED) is 0.888. The molecule has 0 aromatic carbocycles. The normalized spacial score (nSPS) is 19.1. The van der Waals surface area contributed by atoms with Gasteiger partial charge in [0.2, 0.25) is 10.0 Å².